The summed E-state index contributed by atoms with van der Waals surface area (Å²) >= 11 is 3.36. The predicted molar refractivity (Wildman–Crippen MR) is 51.5 cm³/mol. The van der Waals surface area contributed by atoms with Crippen LogP contribution in [0.4, 0.5) is 0 Å². The smallest absolute Gasteiger partial charge is 0.119 e. The van der Waals surface area contributed by atoms with Gasteiger partial charge < -0.3 is 5.72 Å². The highest BCUT2D eigenvalue weighted by molar-refractivity contribution is 9.10. The van der Waals surface area contributed by atoms with Crippen molar-refractivity contribution in [1.82, 2.24) is 0 Å². The molecule has 0 saturated carbocycles. The van der Waals surface area contributed by atoms with Crippen LogP contribution in [0.25, 0.3) is 0 Å². The van der Waals surface area contributed by atoms with Crippen LogP contribution in [0.5, 0.6) is 0 Å². The highest BCUT2D eigenvalue weighted by Crippen LogP contribution is 2.11. The van der Waals surface area contributed by atoms with E-state index in [1.165, 1.54) is 0 Å². The summed E-state index contributed by atoms with van der Waals surface area (Å²) in [6, 6.07) is 7.88. The van der Waals surface area contributed by atoms with Crippen LogP contribution in [0.1, 0.15) is 12.5 Å². The van der Waals surface area contributed by atoms with Gasteiger partial charge in [0.15, 0.2) is 0 Å². The van der Waals surface area contributed by atoms with Gasteiger partial charge in [-0.25, -0.2) is 0 Å². The molecule has 2 heteroatoms. The lowest BCUT2D eigenvalue weighted by Gasteiger charge is -2.03. The molecule has 1 unspecified atom stereocenters. The highest BCUT2D eigenvalue weighted by Gasteiger charge is 1.96. The standard InChI is InChI=1S/C9H12BrN/c1-7(11)6-8-2-4-9(10)5-3-8/h2-5,7H,6,11H2,1H3/i/hD2. The summed E-state index contributed by atoms with van der Waals surface area (Å²) in [6.45, 7) is 1.86. The molecule has 0 aliphatic carbocycles. The van der Waals surface area contributed by atoms with Crippen molar-refractivity contribution >= 4 is 15.9 Å². The van der Waals surface area contributed by atoms with Crippen LogP contribution >= 0.6 is 15.9 Å². The zero-order chi connectivity index (χ0) is 9.84. The van der Waals surface area contributed by atoms with Crippen molar-refractivity contribution < 1.29 is 2.82 Å². The maximum absolute atomic E-state index is 7.07. The summed E-state index contributed by atoms with van der Waals surface area (Å²) in [5, 5.41) is 0. The van der Waals surface area contributed by atoms with E-state index in [1.54, 1.807) is 0 Å². The van der Waals surface area contributed by atoms with Crippen LogP contribution in [0.3, 0.4) is 0 Å². The fourth-order valence-electron chi connectivity index (χ4n) is 0.962. The van der Waals surface area contributed by atoms with Gasteiger partial charge in [0, 0.05) is 10.5 Å². The number of benzene rings is 1. The van der Waals surface area contributed by atoms with Crippen molar-refractivity contribution in [2.24, 2.45) is 5.72 Å². The van der Waals surface area contributed by atoms with Gasteiger partial charge in [-0.3, -0.25) is 0 Å². The average molecular weight is 216 g/mol. The lowest BCUT2D eigenvalue weighted by Crippen LogP contribution is -2.17. The molecule has 1 aromatic carbocycles. The SMILES string of the molecule is [2H]N([2H])C(C)Cc1ccc(Br)cc1. The molecule has 0 aromatic heterocycles. The molecule has 60 valence electrons. The van der Waals surface area contributed by atoms with Crippen LogP contribution < -0.4 is 5.72 Å². The predicted octanol–water partition coefficient (Wildman–Crippen LogP) is 2.34. The summed E-state index contributed by atoms with van der Waals surface area (Å²) in [5.41, 5.74) is 1.89. The quantitative estimate of drug-likeness (QED) is 0.824. The second-order valence-corrected chi connectivity index (χ2v) is 3.60. The molecule has 0 aliphatic heterocycles. The molecular formula is C9H12BrN. The molecule has 0 radical (unpaired) electrons. The van der Waals surface area contributed by atoms with Gasteiger partial charge in [-0.05, 0) is 31.0 Å². The largest absolute Gasteiger partial charge is 0.328 e. The van der Waals surface area contributed by atoms with E-state index in [0.717, 1.165) is 22.2 Å². The van der Waals surface area contributed by atoms with Gasteiger partial charge in [-0.1, -0.05) is 28.1 Å². The van der Waals surface area contributed by atoms with Crippen LogP contribution in [0, 0.1) is 0 Å². The lowest BCUT2D eigenvalue weighted by atomic mass is 10.1. The zero-order valence-electron chi connectivity index (χ0n) is 8.42. The Hall–Kier alpha value is -0.340. The third-order valence-electron chi connectivity index (χ3n) is 1.44. The van der Waals surface area contributed by atoms with Crippen molar-refractivity contribution in [2.45, 2.75) is 19.4 Å². The van der Waals surface area contributed by atoms with E-state index in [0.29, 0.717) is 0 Å². The summed E-state index contributed by atoms with van der Waals surface area (Å²) in [5.74, 6) is 0. The summed E-state index contributed by atoms with van der Waals surface area (Å²) in [6.07, 6.45) is 0.736. The second kappa shape index (κ2) is 3.88. The minimum atomic E-state index is -0.0684. The highest BCUT2D eigenvalue weighted by atomic mass is 79.9. The van der Waals surface area contributed by atoms with Crippen LogP contribution in [-0.2, 0) is 6.42 Å². The molecule has 1 nitrogen and oxygen atoms in total. The Balaban J connectivity index is 2.59. The van der Waals surface area contributed by atoms with Crippen LogP contribution in [-0.4, -0.2) is 6.04 Å². The van der Waals surface area contributed by atoms with Crippen molar-refractivity contribution in [3.63, 3.8) is 0 Å². The summed E-state index contributed by atoms with van der Waals surface area (Å²) in [7, 11) is 0. The molecule has 0 bridgehead atoms. The molecule has 11 heavy (non-hydrogen) atoms. The van der Waals surface area contributed by atoms with Gasteiger partial charge >= 0.3 is 0 Å². The van der Waals surface area contributed by atoms with Crippen molar-refractivity contribution in [2.75, 3.05) is 0 Å². The van der Waals surface area contributed by atoms with Crippen molar-refractivity contribution in [3.8, 4) is 0 Å². The molecule has 0 amide bonds. The van der Waals surface area contributed by atoms with Gasteiger partial charge in [-0.2, -0.15) is 0 Å². The third kappa shape index (κ3) is 3.04. The molecular weight excluding hydrogens is 202 g/mol. The normalized spacial score (nSPS) is 15.9. The van der Waals surface area contributed by atoms with E-state index in [4.69, 9.17) is 2.82 Å². The maximum Gasteiger partial charge on any atom is 0.119 e. The number of hydrogen-bond acceptors (Lipinski definition) is 1. The van der Waals surface area contributed by atoms with Crippen LogP contribution in [0.2, 0.25) is 2.82 Å². The minimum absolute atomic E-state index is 0.0684. The summed E-state index contributed by atoms with van der Waals surface area (Å²) in [4.78, 5) is 0. The van der Waals surface area contributed by atoms with E-state index in [2.05, 4.69) is 15.9 Å². The zero-order valence-corrected chi connectivity index (χ0v) is 8.01. The van der Waals surface area contributed by atoms with Gasteiger partial charge in [0.1, 0.15) is 2.82 Å². The third-order valence-corrected chi connectivity index (χ3v) is 1.97. The van der Waals surface area contributed by atoms with Gasteiger partial charge in [0.2, 0.25) is 0 Å². The molecule has 0 heterocycles. The van der Waals surface area contributed by atoms with Gasteiger partial charge in [0.05, 0.1) is 0 Å². The molecule has 0 fully saturated rings. The first-order chi connectivity index (χ1) is 6.09. The van der Waals surface area contributed by atoms with E-state index >= 15 is 0 Å². The Morgan fingerprint density at radius 3 is 2.73 bits per heavy atom. The number of hydrogen-bond donors (Lipinski definition) is 1. The molecule has 1 rings (SSSR count). The van der Waals surface area contributed by atoms with Gasteiger partial charge in [-0.15, -0.1) is 0 Å². The Morgan fingerprint density at radius 2 is 2.18 bits per heavy atom. The van der Waals surface area contributed by atoms with E-state index in [1.807, 2.05) is 31.2 Å². The fourth-order valence-corrected chi connectivity index (χ4v) is 1.23. The topological polar surface area (TPSA) is 26.0 Å². The Kier molecular flexibility index (Phi) is 2.19. The van der Waals surface area contributed by atoms with Gasteiger partial charge in [0.25, 0.3) is 0 Å². The Labute approximate surface area is 78.7 Å². The number of nitrogens with two attached hydrogens (primary N) is 1. The van der Waals surface area contributed by atoms with E-state index < -0.39 is 0 Å². The molecule has 0 saturated heterocycles. The van der Waals surface area contributed by atoms with E-state index in [-0.39, 0.29) is 6.04 Å². The Morgan fingerprint density at radius 1 is 1.55 bits per heavy atom. The second-order valence-electron chi connectivity index (χ2n) is 2.68. The molecule has 2 N–H and O–H groups in total. The molecule has 1 aromatic rings. The van der Waals surface area contributed by atoms with Crippen molar-refractivity contribution in [3.05, 3.63) is 34.3 Å². The first-order valence-electron chi connectivity index (χ1n) is 4.50. The average Bonchev–Trinajstić information content (AvgIpc) is 2.08. The molecule has 0 spiro atoms. The maximum atomic E-state index is 7.07. The lowest BCUT2D eigenvalue weighted by molar-refractivity contribution is 0.738. The summed E-state index contributed by atoms with van der Waals surface area (Å²) < 4.78 is 15.2. The molecule has 1 atom stereocenters. The number of halogens is 1. The molecule has 0 aliphatic rings. The first kappa shape index (κ1) is 6.21. The van der Waals surface area contributed by atoms with Crippen LogP contribution in [0.15, 0.2) is 28.7 Å². The number of rotatable bonds is 3. The minimum Gasteiger partial charge on any atom is -0.328 e. The Bertz CT molecular complexity index is 261. The van der Waals surface area contributed by atoms with E-state index in [9.17, 15) is 0 Å². The van der Waals surface area contributed by atoms with Crippen molar-refractivity contribution in [1.29, 1.82) is 0 Å². The fraction of sp³-hybridized carbons (Fsp3) is 0.333. The monoisotopic (exact) mass is 215 g/mol. The first-order valence-corrected chi connectivity index (χ1v) is 4.40.